The zero-order valence-electron chi connectivity index (χ0n) is 35.9. The van der Waals surface area contributed by atoms with Gasteiger partial charge in [0.25, 0.3) is 0 Å². The highest BCUT2D eigenvalue weighted by molar-refractivity contribution is 5.99. The van der Waals surface area contributed by atoms with Crippen LogP contribution in [0.4, 0.5) is 0 Å². The number of para-hydroxylation sites is 2. The van der Waals surface area contributed by atoms with Gasteiger partial charge >= 0.3 is 0 Å². The average molecular weight is 814 g/mol. The number of pyridine rings is 1. The molecule has 10 rings (SSSR count). The summed E-state index contributed by atoms with van der Waals surface area (Å²) in [5, 5.41) is 11.6. The van der Waals surface area contributed by atoms with Crippen molar-refractivity contribution in [3.05, 3.63) is 218 Å². The summed E-state index contributed by atoms with van der Waals surface area (Å²) in [7, 11) is 0. The van der Waals surface area contributed by atoms with Gasteiger partial charge in [-0.2, -0.15) is 0 Å². The normalized spacial score (nSPS) is 11.6. The maximum absolute atomic E-state index is 11.6. The number of phenolic OH excluding ortho intramolecular Hbond substituents is 1. The molecule has 63 heavy (non-hydrogen) atoms. The van der Waals surface area contributed by atoms with E-state index in [-0.39, 0.29) is 11.2 Å². The smallest absolute Gasteiger partial charge is 0.149 e. The van der Waals surface area contributed by atoms with Crippen LogP contribution < -0.4 is 0 Å². The molecule has 0 atom stereocenters. The van der Waals surface area contributed by atoms with Crippen molar-refractivity contribution in [2.24, 2.45) is 0 Å². The maximum Gasteiger partial charge on any atom is 0.149 e. The molecular formula is C59H47N3O. The number of imidazole rings is 1. The van der Waals surface area contributed by atoms with Crippen molar-refractivity contribution in [3.63, 3.8) is 0 Å². The van der Waals surface area contributed by atoms with Gasteiger partial charge < -0.3 is 5.11 Å². The summed E-state index contributed by atoms with van der Waals surface area (Å²) < 4.78 is 2.25. The van der Waals surface area contributed by atoms with Crippen LogP contribution in [0.5, 0.6) is 5.75 Å². The van der Waals surface area contributed by atoms with E-state index in [1.165, 1.54) is 11.1 Å². The van der Waals surface area contributed by atoms with Crippen LogP contribution in [-0.2, 0) is 5.41 Å². The Morgan fingerprint density at radius 3 is 1.71 bits per heavy atom. The fourth-order valence-corrected chi connectivity index (χ4v) is 8.76. The van der Waals surface area contributed by atoms with E-state index in [2.05, 4.69) is 208 Å². The van der Waals surface area contributed by atoms with Gasteiger partial charge in [-0.25, -0.2) is 4.98 Å². The van der Waals surface area contributed by atoms with Crippen molar-refractivity contribution >= 4 is 11.0 Å². The second-order valence-corrected chi connectivity index (χ2v) is 17.3. The molecule has 2 aromatic heterocycles. The van der Waals surface area contributed by atoms with E-state index in [0.29, 0.717) is 11.4 Å². The quantitative estimate of drug-likeness (QED) is 0.166. The minimum Gasteiger partial charge on any atom is -0.507 e. The third-order valence-electron chi connectivity index (χ3n) is 12.0. The summed E-state index contributed by atoms with van der Waals surface area (Å²) in [4.78, 5) is 10.5. The molecule has 2 heterocycles. The molecule has 0 aliphatic carbocycles. The van der Waals surface area contributed by atoms with Gasteiger partial charge in [0.05, 0.1) is 28.0 Å². The Hall–Kier alpha value is -7.82. The number of rotatable bonds is 8. The minimum absolute atomic E-state index is 0.159. The van der Waals surface area contributed by atoms with E-state index in [9.17, 15) is 5.11 Å². The Bertz CT molecular complexity index is 3250. The van der Waals surface area contributed by atoms with Gasteiger partial charge in [0.2, 0.25) is 0 Å². The fourth-order valence-electron chi connectivity index (χ4n) is 8.76. The molecule has 8 aromatic carbocycles. The predicted octanol–water partition coefficient (Wildman–Crippen LogP) is 15.4. The van der Waals surface area contributed by atoms with Crippen molar-refractivity contribution in [2.45, 2.75) is 33.1 Å². The van der Waals surface area contributed by atoms with Gasteiger partial charge in [-0.05, 0) is 123 Å². The molecule has 304 valence electrons. The fraction of sp³-hybridized carbons (Fsp3) is 0.0847. The highest BCUT2D eigenvalue weighted by atomic mass is 16.3. The standard InChI is InChI=1S/C59H47N3O/c1-39-27-29-41(30-28-39)44-31-32-60-53(36-44)47-34-45(40-17-8-5-9-18-40)33-46(35-47)48-24-16-25-54-57(48)61-58(49-23-14-15-26-56(49)63)62(54)55-38-50(42-19-10-6-11-20-42)52(59(2,3)4)37-51(55)43-21-12-7-13-22-43/h5-38,63H,1-4H3. The number of benzene rings is 8. The first kappa shape index (κ1) is 39.3. The number of aromatic nitrogens is 3. The summed E-state index contributed by atoms with van der Waals surface area (Å²) in [6.45, 7) is 8.95. The lowest BCUT2D eigenvalue weighted by Crippen LogP contribution is -2.14. The van der Waals surface area contributed by atoms with Gasteiger partial charge in [0.1, 0.15) is 11.6 Å². The molecule has 0 aliphatic heterocycles. The Morgan fingerprint density at radius 1 is 0.444 bits per heavy atom. The van der Waals surface area contributed by atoms with Gasteiger partial charge in [-0.1, -0.05) is 166 Å². The second-order valence-electron chi connectivity index (χ2n) is 17.3. The Balaban J connectivity index is 1.26. The van der Waals surface area contributed by atoms with E-state index in [1.807, 2.05) is 24.4 Å². The number of phenols is 1. The van der Waals surface area contributed by atoms with Crippen molar-refractivity contribution in [1.29, 1.82) is 0 Å². The molecule has 1 N–H and O–H groups in total. The molecule has 0 amide bonds. The maximum atomic E-state index is 11.6. The van der Waals surface area contributed by atoms with Crippen molar-refractivity contribution in [2.75, 3.05) is 0 Å². The third kappa shape index (κ3) is 7.62. The molecule has 0 aliphatic rings. The van der Waals surface area contributed by atoms with Crippen LogP contribution in [0.15, 0.2) is 206 Å². The van der Waals surface area contributed by atoms with Gasteiger partial charge in [-0.15, -0.1) is 0 Å². The molecule has 0 saturated heterocycles. The molecule has 0 spiro atoms. The summed E-state index contributed by atoms with van der Waals surface area (Å²) in [5.74, 6) is 0.821. The number of hydrogen-bond acceptors (Lipinski definition) is 3. The monoisotopic (exact) mass is 813 g/mol. The lowest BCUT2D eigenvalue weighted by atomic mass is 9.79. The summed E-state index contributed by atoms with van der Waals surface area (Å²) in [6, 6.07) is 70.0. The van der Waals surface area contributed by atoms with Crippen LogP contribution >= 0.6 is 0 Å². The zero-order chi connectivity index (χ0) is 43.1. The summed E-state index contributed by atoms with van der Waals surface area (Å²) >= 11 is 0. The molecule has 0 fully saturated rings. The number of aromatic hydroxyl groups is 1. The van der Waals surface area contributed by atoms with Gasteiger partial charge in [0, 0.05) is 22.9 Å². The van der Waals surface area contributed by atoms with Crippen molar-refractivity contribution < 1.29 is 5.11 Å². The first-order valence-corrected chi connectivity index (χ1v) is 21.5. The predicted molar refractivity (Wildman–Crippen MR) is 262 cm³/mol. The Morgan fingerprint density at radius 2 is 1.03 bits per heavy atom. The lowest BCUT2D eigenvalue weighted by Gasteiger charge is -2.27. The molecular weight excluding hydrogens is 767 g/mol. The van der Waals surface area contributed by atoms with E-state index in [0.717, 1.165) is 83.6 Å². The molecule has 10 aromatic rings. The third-order valence-corrected chi connectivity index (χ3v) is 12.0. The molecule has 0 radical (unpaired) electrons. The summed E-state index contributed by atoms with van der Waals surface area (Å²) in [6.07, 6.45) is 1.90. The van der Waals surface area contributed by atoms with Crippen LogP contribution in [0, 0.1) is 6.92 Å². The van der Waals surface area contributed by atoms with E-state index >= 15 is 0 Å². The molecule has 0 bridgehead atoms. The van der Waals surface area contributed by atoms with E-state index in [1.54, 1.807) is 6.07 Å². The second kappa shape index (κ2) is 16.2. The summed E-state index contributed by atoms with van der Waals surface area (Å²) in [5.41, 5.74) is 18.5. The lowest BCUT2D eigenvalue weighted by molar-refractivity contribution is 0.477. The topological polar surface area (TPSA) is 50.9 Å². The van der Waals surface area contributed by atoms with Crippen LogP contribution in [0.3, 0.4) is 0 Å². The largest absolute Gasteiger partial charge is 0.507 e. The van der Waals surface area contributed by atoms with E-state index < -0.39 is 0 Å². The number of aryl methyl sites for hydroxylation is 1. The number of fused-ring (bicyclic) bond motifs is 1. The molecule has 4 heteroatoms. The van der Waals surface area contributed by atoms with Crippen LogP contribution in [0.2, 0.25) is 0 Å². The number of hydrogen-bond donors (Lipinski definition) is 1. The van der Waals surface area contributed by atoms with Gasteiger partial charge in [-0.3, -0.25) is 9.55 Å². The minimum atomic E-state index is -0.159. The molecule has 4 nitrogen and oxygen atoms in total. The van der Waals surface area contributed by atoms with Gasteiger partial charge in [0.15, 0.2) is 0 Å². The highest BCUT2D eigenvalue weighted by Crippen LogP contribution is 2.45. The van der Waals surface area contributed by atoms with Crippen LogP contribution in [0.25, 0.3) is 95.0 Å². The van der Waals surface area contributed by atoms with Crippen LogP contribution in [-0.4, -0.2) is 19.6 Å². The molecule has 0 saturated carbocycles. The molecule has 0 unspecified atom stereocenters. The van der Waals surface area contributed by atoms with Crippen molar-refractivity contribution in [1.82, 2.24) is 14.5 Å². The SMILES string of the molecule is Cc1ccc(-c2ccnc(-c3cc(-c4ccccc4)cc(-c4cccc5c4nc(-c4ccccc4O)n5-c4cc(-c5ccccc5)c(C(C)(C)C)cc4-c4ccccc4)c3)c2)cc1. The van der Waals surface area contributed by atoms with Crippen LogP contribution in [0.1, 0.15) is 31.9 Å². The number of nitrogens with zero attached hydrogens (tertiary/aromatic N) is 3. The van der Waals surface area contributed by atoms with Crippen molar-refractivity contribution in [3.8, 4) is 89.7 Å². The first-order valence-electron chi connectivity index (χ1n) is 21.5. The Labute approximate surface area is 369 Å². The average Bonchev–Trinajstić information content (AvgIpc) is 3.71. The van der Waals surface area contributed by atoms with E-state index in [4.69, 9.17) is 9.97 Å². The zero-order valence-corrected chi connectivity index (χ0v) is 35.9. The first-order chi connectivity index (χ1) is 30.7. The Kier molecular flexibility index (Phi) is 10.1. The highest BCUT2D eigenvalue weighted by Gasteiger charge is 2.27.